The van der Waals surface area contributed by atoms with Crippen molar-refractivity contribution >= 4 is 17.3 Å². The fourth-order valence-corrected chi connectivity index (χ4v) is 2.37. The van der Waals surface area contributed by atoms with Crippen molar-refractivity contribution in [3.63, 3.8) is 0 Å². The molecule has 11 heteroatoms. The Bertz CT molecular complexity index is 1040. The van der Waals surface area contributed by atoms with Crippen molar-refractivity contribution in [2.45, 2.75) is 25.6 Å². The molecule has 3 rings (SSSR count). The third-order valence-electron chi connectivity index (χ3n) is 3.70. The van der Waals surface area contributed by atoms with E-state index in [1.807, 2.05) is 0 Å². The highest BCUT2D eigenvalue weighted by Gasteiger charge is 2.32. The summed E-state index contributed by atoms with van der Waals surface area (Å²) >= 11 is 0. The molecule has 0 radical (unpaired) electrons. The quantitative estimate of drug-likeness (QED) is 0.408. The molecule has 30 heavy (non-hydrogen) atoms. The molecule has 0 saturated heterocycles. The van der Waals surface area contributed by atoms with Gasteiger partial charge in [0.15, 0.2) is 5.82 Å². The lowest BCUT2D eigenvalue weighted by atomic mass is 10.1. The third-order valence-corrected chi connectivity index (χ3v) is 3.70. The molecule has 0 unspecified atom stereocenters. The second-order valence-electron chi connectivity index (χ2n) is 7.03. The Labute approximate surface area is 169 Å². The summed E-state index contributed by atoms with van der Waals surface area (Å²) in [5, 5.41) is 15.7. The van der Waals surface area contributed by atoms with E-state index < -0.39 is 23.4 Å². The Kier molecular flexibility index (Phi) is 5.83. The van der Waals surface area contributed by atoms with Crippen LogP contribution in [0.1, 0.15) is 19.5 Å². The van der Waals surface area contributed by atoms with Crippen molar-refractivity contribution in [1.82, 2.24) is 19.9 Å². The van der Waals surface area contributed by atoms with Gasteiger partial charge in [-0.05, 0) is 32.0 Å². The van der Waals surface area contributed by atoms with Crippen molar-refractivity contribution in [3.8, 4) is 11.5 Å². The number of rotatable bonds is 6. The maximum Gasteiger partial charge on any atom is 0.433 e. The highest BCUT2D eigenvalue weighted by molar-refractivity contribution is 5.63. The number of aromatic nitrogens is 4. The van der Waals surface area contributed by atoms with Gasteiger partial charge in [0.05, 0.1) is 5.60 Å². The number of anilines is 3. The maximum atomic E-state index is 13.4. The first kappa shape index (κ1) is 21.4. The molecule has 0 spiro atoms. The van der Waals surface area contributed by atoms with E-state index in [1.54, 1.807) is 13.8 Å². The lowest BCUT2D eigenvalue weighted by Gasteiger charge is -2.19. The first-order valence-corrected chi connectivity index (χ1v) is 8.78. The predicted octanol–water partition coefficient (Wildman–Crippen LogP) is 4.02. The highest BCUT2D eigenvalue weighted by Crippen LogP contribution is 2.29. The molecule has 0 bridgehead atoms. The van der Waals surface area contributed by atoms with E-state index in [9.17, 15) is 22.7 Å². The zero-order valence-electron chi connectivity index (χ0n) is 16.0. The molecule has 3 aromatic heterocycles. The largest absolute Gasteiger partial charge is 0.433 e. The molecule has 0 saturated carbocycles. The smallest absolute Gasteiger partial charge is 0.389 e. The van der Waals surface area contributed by atoms with Gasteiger partial charge in [0, 0.05) is 30.6 Å². The summed E-state index contributed by atoms with van der Waals surface area (Å²) in [5.41, 5.74) is -1.91. The number of hydrogen-bond acceptors (Lipinski definition) is 7. The van der Waals surface area contributed by atoms with Gasteiger partial charge < -0.3 is 15.7 Å². The molecular weight excluding hydrogens is 404 g/mol. The van der Waals surface area contributed by atoms with Crippen LogP contribution in [0.15, 0.2) is 42.6 Å². The lowest BCUT2D eigenvalue weighted by molar-refractivity contribution is -0.141. The van der Waals surface area contributed by atoms with Crippen molar-refractivity contribution < 1.29 is 22.7 Å². The van der Waals surface area contributed by atoms with E-state index in [4.69, 9.17) is 0 Å². The fraction of sp³-hybridized carbons (Fsp3) is 0.263. The van der Waals surface area contributed by atoms with Gasteiger partial charge in [-0.3, -0.25) is 0 Å². The standard InChI is InChI=1S/C19H18F4N6O/c1-18(2,30)10-25-15-9-16(26-11-6-7-24-14(20)8-11)29-17(28-15)12-4-3-5-13(27-12)19(21,22)23/h3-9,30H,10H2,1-2H3,(H2,24,25,26,28,29). The molecular formula is C19H18F4N6O. The van der Waals surface area contributed by atoms with Gasteiger partial charge in [0.2, 0.25) is 5.95 Å². The van der Waals surface area contributed by atoms with Gasteiger partial charge in [-0.1, -0.05) is 6.07 Å². The van der Waals surface area contributed by atoms with Crippen LogP contribution >= 0.6 is 0 Å². The normalized spacial score (nSPS) is 12.0. The number of alkyl halides is 3. The number of hydrogen-bond donors (Lipinski definition) is 3. The van der Waals surface area contributed by atoms with E-state index in [1.165, 1.54) is 30.5 Å². The molecule has 0 amide bonds. The number of nitrogens with one attached hydrogen (secondary N) is 2. The minimum atomic E-state index is -4.62. The van der Waals surface area contributed by atoms with Crippen LogP contribution in [0.4, 0.5) is 34.9 Å². The SMILES string of the molecule is CC(C)(O)CNc1cc(Nc2ccnc(F)c2)nc(-c2cccc(C(F)(F)F)n2)n1. The van der Waals surface area contributed by atoms with E-state index >= 15 is 0 Å². The number of halogens is 4. The molecule has 0 aliphatic carbocycles. The number of nitrogens with zero attached hydrogens (tertiary/aromatic N) is 4. The zero-order valence-corrected chi connectivity index (χ0v) is 16.0. The van der Waals surface area contributed by atoms with Gasteiger partial charge in [0.25, 0.3) is 0 Å². The van der Waals surface area contributed by atoms with Crippen molar-refractivity contribution in [1.29, 1.82) is 0 Å². The highest BCUT2D eigenvalue weighted by atomic mass is 19.4. The summed E-state index contributed by atoms with van der Waals surface area (Å²) in [5.74, 6) is -0.380. The lowest BCUT2D eigenvalue weighted by Crippen LogP contribution is -2.29. The van der Waals surface area contributed by atoms with E-state index in [-0.39, 0.29) is 29.7 Å². The molecule has 0 aliphatic rings. The fourth-order valence-electron chi connectivity index (χ4n) is 2.37. The average Bonchev–Trinajstić information content (AvgIpc) is 2.65. The van der Waals surface area contributed by atoms with Crippen LogP contribution in [0, 0.1) is 5.95 Å². The monoisotopic (exact) mass is 422 g/mol. The molecule has 3 aromatic rings. The molecule has 7 nitrogen and oxygen atoms in total. The van der Waals surface area contributed by atoms with Crippen LogP contribution in [-0.4, -0.2) is 37.2 Å². The summed E-state index contributed by atoms with van der Waals surface area (Å²) < 4.78 is 52.4. The van der Waals surface area contributed by atoms with E-state index in [2.05, 4.69) is 30.6 Å². The Hall–Kier alpha value is -3.34. The predicted molar refractivity (Wildman–Crippen MR) is 103 cm³/mol. The Morgan fingerprint density at radius 2 is 1.73 bits per heavy atom. The molecule has 0 atom stereocenters. The molecule has 3 heterocycles. The molecule has 0 fully saturated rings. The summed E-state index contributed by atoms with van der Waals surface area (Å²) in [7, 11) is 0. The van der Waals surface area contributed by atoms with Crippen LogP contribution in [0.25, 0.3) is 11.5 Å². The van der Waals surface area contributed by atoms with Crippen LogP contribution in [-0.2, 0) is 6.18 Å². The van der Waals surface area contributed by atoms with Gasteiger partial charge in [-0.2, -0.15) is 17.6 Å². The first-order valence-electron chi connectivity index (χ1n) is 8.78. The van der Waals surface area contributed by atoms with Crippen LogP contribution < -0.4 is 10.6 Å². The van der Waals surface area contributed by atoms with Crippen molar-refractivity contribution in [2.24, 2.45) is 0 Å². The second-order valence-corrected chi connectivity index (χ2v) is 7.03. The van der Waals surface area contributed by atoms with Crippen LogP contribution in [0.3, 0.4) is 0 Å². The molecule has 158 valence electrons. The Morgan fingerprint density at radius 3 is 2.40 bits per heavy atom. The first-order chi connectivity index (χ1) is 14.0. The zero-order chi connectivity index (χ0) is 21.9. The average molecular weight is 422 g/mol. The maximum absolute atomic E-state index is 13.4. The van der Waals surface area contributed by atoms with E-state index in [0.717, 1.165) is 12.1 Å². The van der Waals surface area contributed by atoms with Gasteiger partial charge in [-0.25, -0.2) is 19.9 Å². The molecule has 3 N–H and O–H groups in total. The van der Waals surface area contributed by atoms with Crippen LogP contribution in [0.2, 0.25) is 0 Å². The van der Waals surface area contributed by atoms with Gasteiger partial charge in [-0.15, -0.1) is 0 Å². The third kappa shape index (κ3) is 5.83. The van der Waals surface area contributed by atoms with Gasteiger partial charge >= 0.3 is 6.18 Å². The minimum absolute atomic E-state index is 0.0844. The summed E-state index contributed by atoms with van der Waals surface area (Å²) in [6.45, 7) is 3.27. The summed E-state index contributed by atoms with van der Waals surface area (Å²) in [4.78, 5) is 15.5. The Morgan fingerprint density at radius 1 is 1.00 bits per heavy atom. The van der Waals surface area contributed by atoms with Crippen molar-refractivity contribution in [2.75, 3.05) is 17.2 Å². The van der Waals surface area contributed by atoms with Gasteiger partial charge in [0.1, 0.15) is 23.0 Å². The molecule has 0 aromatic carbocycles. The topological polar surface area (TPSA) is 95.8 Å². The number of pyridine rings is 2. The Balaban J connectivity index is 2.01. The summed E-state index contributed by atoms with van der Waals surface area (Å²) in [6.07, 6.45) is -3.37. The van der Waals surface area contributed by atoms with E-state index in [0.29, 0.717) is 5.69 Å². The minimum Gasteiger partial charge on any atom is -0.389 e. The van der Waals surface area contributed by atoms with Crippen LogP contribution in [0.5, 0.6) is 0 Å². The molecule has 0 aliphatic heterocycles. The summed E-state index contributed by atoms with van der Waals surface area (Å²) in [6, 6.07) is 7.50. The number of aliphatic hydroxyl groups is 1. The second kappa shape index (κ2) is 8.19. The van der Waals surface area contributed by atoms with Crippen molar-refractivity contribution in [3.05, 3.63) is 54.2 Å².